The highest BCUT2D eigenvalue weighted by Crippen LogP contribution is 2.21. The van der Waals surface area contributed by atoms with E-state index in [2.05, 4.69) is 165 Å². The molecule has 0 unspecified atom stereocenters. The average Bonchev–Trinajstić information content (AvgIpc) is 3.27. The molecule has 0 saturated heterocycles. The number of hydrogen-bond acceptors (Lipinski definition) is 6. The van der Waals surface area contributed by atoms with Crippen LogP contribution in [0.25, 0.3) is 22.3 Å². The van der Waals surface area contributed by atoms with E-state index >= 15 is 0 Å². The Morgan fingerprint density at radius 2 is 0.450 bits per heavy atom. The summed E-state index contributed by atoms with van der Waals surface area (Å²) in [5.74, 6) is -0.153. The number of rotatable bonds is 0. The molecule has 60 heavy (non-hydrogen) atoms. The van der Waals surface area contributed by atoms with E-state index in [-0.39, 0.29) is 61.1 Å². The van der Waals surface area contributed by atoms with Crippen LogP contribution in [-0.2, 0) is 26.2 Å². The van der Waals surface area contributed by atoms with E-state index in [1.165, 1.54) is 56.6 Å². The minimum Gasteiger partial charge on any atom is -1.00 e. The van der Waals surface area contributed by atoms with Crippen LogP contribution in [-0.4, -0.2) is 59.1 Å². The van der Waals surface area contributed by atoms with Crippen molar-refractivity contribution in [3.63, 3.8) is 0 Å². The van der Waals surface area contributed by atoms with Gasteiger partial charge in [0.2, 0.25) is 0 Å². The monoisotopic (exact) mass is 898 g/mol. The molecule has 6 N–H and O–H groups in total. The second-order valence-corrected chi connectivity index (χ2v) is 12.2. The van der Waals surface area contributed by atoms with Gasteiger partial charge >= 0.3 is 0 Å². The number of aromatic hydroxyl groups is 2. The van der Waals surface area contributed by atoms with Crippen molar-refractivity contribution in [2.24, 2.45) is 0 Å². The normalized spacial score (nSPS) is 10.0. The molecular formula is C46H54Cl4N4O6. The smallest absolute Gasteiger partial charge is 0.173 e. The van der Waals surface area contributed by atoms with Gasteiger partial charge in [-0.3, -0.25) is 0 Å². The first kappa shape index (κ1) is 57.0. The van der Waals surface area contributed by atoms with Crippen molar-refractivity contribution in [1.82, 2.24) is 0 Å². The standard InChI is InChI=1S/C36H32N4.C6H6O2.4CH4O.4ClH/c1-2-30-4-3-29(1)25-37-17-9-33(10-18-37)35-13-21-39(22-14-35)27-31-5-7-32(8-6-31)28-40-23-15-36(16-24-40)34-11-19-38(26-30)20-12-34;7-5-3-1-2-4-6(5)8;4*1-2;;;;/h1-24H,25-28H2;1-4,7-8H;4*2H,1H3;4*1H/q+4;;;;;;;;;/p-4. The van der Waals surface area contributed by atoms with Gasteiger partial charge in [0, 0.05) is 99.2 Å². The average molecular weight is 901 g/mol. The van der Waals surface area contributed by atoms with Crippen molar-refractivity contribution in [3.8, 4) is 33.8 Å². The Balaban J connectivity index is 0. The molecule has 10 nitrogen and oxygen atoms in total. The minimum atomic E-state index is -0.0764. The van der Waals surface area contributed by atoms with Gasteiger partial charge in [-0.15, -0.1) is 0 Å². The molecule has 0 fully saturated rings. The van der Waals surface area contributed by atoms with Gasteiger partial charge in [-0.25, -0.2) is 18.3 Å². The Kier molecular flexibility index (Phi) is 30.1. The van der Waals surface area contributed by atoms with Crippen LogP contribution >= 0.6 is 0 Å². The molecule has 0 atom stereocenters. The summed E-state index contributed by atoms with van der Waals surface area (Å²) in [5, 5.41) is 45.3. The Bertz CT molecular complexity index is 1840. The van der Waals surface area contributed by atoms with E-state index in [1.54, 1.807) is 12.1 Å². The van der Waals surface area contributed by atoms with Crippen LogP contribution in [0.3, 0.4) is 0 Å². The fourth-order valence-corrected chi connectivity index (χ4v) is 5.83. The molecule has 20 heterocycles. The number of benzene rings is 3. The number of aliphatic hydroxyl groups excluding tert-OH is 4. The summed E-state index contributed by atoms with van der Waals surface area (Å²) in [5.41, 5.74) is 10.1. The molecule has 0 spiro atoms. The number of halogens is 4. The number of hydrogen-bond donors (Lipinski definition) is 6. The van der Waals surface area contributed by atoms with Crippen LogP contribution in [0.4, 0.5) is 0 Å². The fourth-order valence-electron chi connectivity index (χ4n) is 5.83. The number of nitrogens with zero attached hydrogens (tertiary/aromatic N) is 4. The third-order valence-electron chi connectivity index (χ3n) is 8.62. The van der Waals surface area contributed by atoms with Gasteiger partial charge in [-0.1, -0.05) is 60.7 Å². The maximum atomic E-state index is 8.67. The van der Waals surface area contributed by atoms with Gasteiger partial charge < -0.3 is 80.3 Å². The van der Waals surface area contributed by atoms with Gasteiger partial charge in [0.15, 0.2) is 87.3 Å². The molecule has 16 aliphatic rings. The molecule has 23 rings (SSSR count). The summed E-state index contributed by atoms with van der Waals surface area (Å²) < 4.78 is 8.94. The zero-order chi connectivity index (χ0) is 40.7. The highest BCUT2D eigenvalue weighted by Gasteiger charge is 2.11. The number of aromatic nitrogens is 4. The molecule has 12 bridgehead atoms. The first-order valence-corrected chi connectivity index (χ1v) is 17.9. The number of aliphatic hydroxyl groups is 4. The lowest BCUT2D eigenvalue weighted by atomic mass is 10.1. The first-order valence-electron chi connectivity index (χ1n) is 17.9. The summed E-state index contributed by atoms with van der Waals surface area (Å²) >= 11 is 0. The number of para-hydroxylation sites is 2. The molecule has 3 aromatic carbocycles. The molecule has 14 heteroatoms. The van der Waals surface area contributed by atoms with Crippen LogP contribution in [0, 0.1) is 0 Å². The number of phenolic OH excluding ortho intramolecular Hbond substituents is 2. The number of pyridine rings is 4. The highest BCUT2D eigenvalue weighted by atomic mass is 35.5. The van der Waals surface area contributed by atoms with Gasteiger partial charge in [0.05, 0.1) is 0 Å². The SMILES string of the molecule is CO.CO.CO.CO.Oc1ccccc1O.[Cl-].[Cl-].[Cl-].[Cl-].c1cc2ccc1C[n+]1ccc(cc1)-c1cc[n+](cc1)Cc1ccc(cc1)C[n+]1ccc(cc1)-c1cc[n+](cc1)C2. The van der Waals surface area contributed by atoms with Gasteiger partial charge in [-0.05, 0) is 34.4 Å². The maximum absolute atomic E-state index is 8.67. The molecule has 0 radical (unpaired) electrons. The summed E-state index contributed by atoms with van der Waals surface area (Å²) in [6.07, 6.45) is 17.4. The molecule has 0 amide bonds. The Morgan fingerprint density at radius 3 is 0.600 bits per heavy atom. The largest absolute Gasteiger partial charge is 1.00 e. The second kappa shape index (κ2) is 31.7. The van der Waals surface area contributed by atoms with E-state index in [1.807, 2.05) is 0 Å². The minimum absolute atomic E-state index is 0. The third kappa shape index (κ3) is 17.6. The lowest BCUT2D eigenvalue weighted by molar-refractivity contribution is -0.689. The van der Waals surface area contributed by atoms with Gasteiger partial charge in [0.1, 0.15) is 0 Å². The van der Waals surface area contributed by atoms with Crippen LogP contribution in [0.15, 0.2) is 171 Å². The molecule has 0 aliphatic carbocycles. The van der Waals surface area contributed by atoms with Gasteiger partial charge in [0.25, 0.3) is 0 Å². The molecule has 16 aliphatic heterocycles. The van der Waals surface area contributed by atoms with E-state index in [4.69, 9.17) is 30.6 Å². The highest BCUT2D eigenvalue weighted by molar-refractivity contribution is 5.61. The number of phenols is 2. The fraction of sp³-hybridized carbons (Fsp3) is 0.174. The van der Waals surface area contributed by atoms with Crippen LogP contribution in [0.2, 0.25) is 0 Å². The van der Waals surface area contributed by atoms with Crippen molar-refractivity contribution in [3.05, 3.63) is 193 Å². The zero-order valence-electron chi connectivity index (χ0n) is 34.0. The predicted octanol–water partition coefficient (Wildman–Crippen LogP) is -7.78. The summed E-state index contributed by atoms with van der Waals surface area (Å²) in [6, 6.07) is 41.7. The lowest BCUT2D eigenvalue weighted by Crippen LogP contribution is -3.00. The van der Waals surface area contributed by atoms with Crippen LogP contribution in [0.5, 0.6) is 11.5 Å². The van der Waals surface area contributed by atoms with E-state index in [0.29, 0.717) is 0 Å². The Morgan fingerprint density at radius 1 is 0.283 bits per heavy atom. The molecule has 0 saturated carbocycles. The predicted molar refractivity (Wildman–Crippen MR) is 216 cm³/mol. The van der Waals surface area contributed by atoms with Crippen molar-refractivity contribution >= 4 is 0 Å². The summed E-state index contributed by atoms with van der Waals surface area (Å²) in [7, 11) is 4.00. The maximum Gasteiger partial charge on any atom is 0.173 e. The van der Waals surface area contributed by atoms with Crippen molar-refractivity contribution in [1.29, 1.82) is 0 Å². The molecular weight excluding hydrogens is 846 g/mol. The molecule has 4 aromatic heterocycles. The van der Waals surface area contributed by atoms with Crippen LogP contribution < -0.4 is 67.9 Å². The van der Waals surface area contributed by atoms with E-state index in [9.17, 15) is 0 Å². The molecule has 7 aromatic rings. The lowest BCUT2D eigenvalue weighted by Gasteiger charge is -2.05. The van der Waals surface area contributed by atoms with Crippen molar-refractivity contribution in [2.75, 3.05) is 28.4 Å². The first-order chi connectivity index (χ1) is 27.5. The Hall–Kier alpha value is -5.14. The third-order valence-corrected chi connectivity index (χ3v) is 8.62. The van der Waals surface area contributed by atoms with Crippen molar-refractivity contribution in [2.45, 2.75) is 26.2 Å². The Labute approximate surface area is 378 Å². The van der Waals surface area contributed by atoms with Gasteiger partial charge in [-0.2, -0.15) is 0 Å². The van der Waals surface area contributed by atoms with Crippen LogP contribution in [0.1, 0.15) is 22.3 Å². The summed E-state index contributed by atoms with van der Waals surface area (Å²) in [4.78, 5) is 0. The van der Waals surface area contributed by atoms with E-state index in [0.717, 1.165) is 54.6 Å². The second-order valence-electron chi connectivity index (χ2n) is 12.2. The van der Waals surface area contributed by atoms with E-state index < -0.39 is 0 Å². The zero-order valence-corrected chi connectivity index (χ0v) is 37.0. The quantitative estimate of drug-likeness (QED) is 0.0663. The van der Waals surface area contributed by atoms with Crippen molar-refractivity contribution < 1.29 is 98.5 Å². The molecule has 322 valence electrons. The summed E-state index contributed by atoms with van der Waals surface area (Å²) in [6.45, 7) is 3.42. The topological polar surface area (TPSA) is 137 Å².